The number of carbonyl (C=O) groups excluding carboxylic acids is 1. The fraction of sp³-hybridized carbons (Fsp3) is 0.385. The molecule has 1 aromatic rings. The van der Waals surface area contributed by atoms with Crippen molar-refractivity contribution in [2.45, 2.75) is 19.9 Å². The largest absolute Gasteiger partial charge is 0.352 e. The average Bonchev–Trinajstić information content (AvgIpc) is 2.32. The van der Waals surface area contributed by atoms with Crippen molar-refractivity contribution < 1.29 is 9.18 Å². The van der Waals surface area contributed by atoms with Crippen LogP contribution < -0.4 is 10.6 Å². The van der Waals surface area contributed by atoms with Crippen molar-refractivity contribution in [2.75, 3.05) is 18.9 Å². The van der Waals surface area contributed by atoms with E-state index in [2.05, 4.69) is 10.6 Å². The first kappa shape index (κ1) is 16.7. The Kier molecular flexibility index (Phi) is 6.16. The number of amides is 1. The third kappa shape index (κ3) is 5.30. The first-order chi connectivity index (χ1) is 9.29. The zero-order valence-corrected chi connectivity index (χ0v) is 13.1. The second kappa shape index (κ2) is 7.40. The summed E-state index contributed by atoms with van der Waals surface area (Å²) in [6.07, 6.45) is 0. The molecule has 0 atom stereocenters. The highest BCUT2D eigenvalue weighted by atomic mass is 35.5. The van der Waals surface area contributed by atoms with Crippen molar-refractivity contribution in [1.29, 1.82) is 0 Å². The summed E-state index contributed by atoms with van der Waals surface area (Å²) in [5, 5.41) is 6.03. The number of likely N-dealkylation sites (N-methyl/N-ethyl adjacent to an activating group) is 1. The van der Waals surface area contributed by atoms with Crippen LogP contribution in [-0.2, 0) is 4.79 Å². The number of halogens is 2. The van der Waals surface area contributed by atoms with Crippen LogP contribution in [0.3, 0.4) is 0 Å². The van der Waals surface area contributed by atoms with E-state index >= 15 is 0 Å². The number of hydrogen-bond donors (Lipinski definition) is 2. The lowest BCUT2D eigenvalue weighted by Crippen LogP contribution is -2.42. The zero-order chi connectivity index (χ0) is 15.3. The fourth-order valence-corrected chi connectivity index (χ4v) is 1.81. The molecule has 0 radical (unpaired) electrons. The highest BCUT2D eigenvalue weighted by molar-refractivity contribution is 7.80. The van der Waals surface area contributed by atoms with E-state index in [1.54, 1.807) is 11.9 Å². The SMILES string of the molecule is CC(C)NC(=O)CN(C)C(=S)Nc1ccc(F)c(Cl)c1. The topological polar surface area (TPSA) is 44.4 Å². The summed E-state index contributed by atoms with van der Waals surface area (Å²) >= 11 is 10.8. The molecule has 20 heavy (non-hydrogen) atoms. The van der Waals surface area contributed by atoms with Gasteiger partial charge in [0.2, 0.25) is 5.91 Å². The van der Waals surface area contributed by atoms with Gasteiger partial charge in [-0.25, -0.2) is 4.39 Å². The van der Waals surface area contributed by atoms with E-state index in [-0.39, 0.29) is 23.5 Å². The van der Waals surface area contributed by atoms with Gasteiger partial charge in [-0.1, -0.05) is 11.6 Å². The summed E-state index contributed by atoms with van der Waals surface area (Å²) in [6.45, 7) is 3.91. The molecule has 0 aliphatic carbocycles. The van der Waals surface area contributed by atoms with Crippen LogP contribution in [0.5, 0.6) is 0 Å². The lowest BCUT2D eigenvalue weighted by atomic mass is 10.3. The Balaban J connectivity index is 2.57. The molecule has 0 aromatic heterocycles. The molecule has 0 aliphatic rings. The van der Waals surface area contributed by atoms with Crippen LogP contribution in [0.4, 0.5) is 10.1 Å². The van der Waals surface area contributed by atoms with Crippen LogP contribution in [0.2, 0.25) is 5.02 Å². The van der Waals surface area contributed by atoms with E-state index in [1.165, 1.54) is 18.2 Å². The van der Waals surface area contributed by atoms with Gasteiger partial charge in [0, 0.05) is 18.8 Å². The number of hydrogen-bond acceptors (Lipinski definition) is 2. The minimum atomic E-state index is -0.493. The predicted octanol–water partition coefficient (Wildman–Crippen LogP) is 2.63. The summed E-state index contributed by atoms with van der Waals surface area (Å²) < 4.78 is 13.0. The Hall–Kier alpha value is -1.40. The number of rotatable bonds is 4. The highest BCUT2D eigenvalue weighted by Gasteiger charge is 2.11. The molecule has 0 fully saturated rings. The monoisotopic (exact) mass is 317 g/mol. The molecule has 4 nitrogen and oxygen atoms in total. The van der Waals surface area contributed by atoms with Crippen molar-refractivity contribution in [3.05, 3.63) is 29.0 Å². The van der Waals surface area contributed by atoms with Gasteiger partial charge in [-0.2, -0.15) is 0 Å². The standard InChI is InChI=1S/C13H17ClFN3OS/c1-8(2)16-12(19)7-18(3)13(20)17-9-4-5-11(15)10(14)6-9/h4-6,8H,7H2,1-3H3,(H,16,19)(H,17,20). The van der Waals surface area contributed by atoms with Crippen LogP contribution in [-0.4, -0.2) is 35.6 Å². The summed E-state index contributed by atoms with van der Waals surface area (Å²) in [7, 11) is 1.69. The van der Waals surface area contributed by atoms with Crippen LogP contribution in [0.25, 0.3) is 0 Å². The van der Waals surface area contributed by atoms with Crippen molar-refractivity contribution in [3.8, 4) is 0 Å². The van der Waals surface area contributed by atoms with Crippen LogP contribution in [0.1, 0.15) is 13.8 Å². The lowest BCUT2D eigenvalue weighted by Gasteiger charge is -2.21. The molecule has 0 aliphatic heterocycles. The van der Waals surface area contributed by atoms with E-state index in [0.717, 1.165) is 0 Å². The smallest absolute Gasteiger partial charge is 0.239 e. The van der Waals surface area contributed by atoms with Crippen molar-refractivity contribution >= 4 is 40.5 Å². The molecule has 0 saturated heterocycles. The molecule has 1 rings (SSSR count). The molecule has 1 amide bonds. The number of carbonyl (C=O) groups is 1. The third-order valence-electron chi connectivity index (χ3n) is 2.35. The maximum Gasteiger partial charge on any atom is 0.239 e. The van der Waals surface area contributed by atoms with E-state index in [0.29, 0.717) is 10.8 Å². The zero-order valence-electron chi connectivity index (χ0n) is 11.5. The van der Waals surface area contributed by atoms with Crippen LogP contribution >= 0.6 is 23.8 Å². The molecule has 1 aromatic carbocycles. The number of nitrogens with zero attached hydrogens (tertiary/aromatic N) is 1. The second-order valence-electron chi connectivity index (χ2n) is 4.64. The molecule has 110 valence electrons. The van der Waals surface area contributed by atoms with Gasteiger partial charge < -0.3 is 15.5 Å². The maximum absolute atomic E-state index is 13.0. The van der Waals surface area contributed by atoms with Gasteiger partial charge in [0.1, 0.15) is 5.82 Å². The summed E-state index contributed by atoms with van der Waals surface area (Å²) in [5.41, 5.74) is 0.567. The van der Waals surface area contributed by atoms with E-state index in [1.807, 2.05) is 13.8 Å². The molecule has 0 saturated carbocycles. The predicted molar refractivity (Wildman–Crippen MR) is 83.5 cm³/mol. The molecular formula is C13H17ClFN3OS. The van der Waals surface area contributed by atoms with E-state index in [9.17, 15) is 9.18 Å². The van der Waals surface area contributed by atoms with E-state index < -0.39 is 5.82 Å². The van der Waals surface area contributed by atoms with Gasteiger partial charge >= 0.3 is 0 Å². The molecular weight excluding hydrogens is 301 g/mol. The Morgan fingerprint density at radius 1 is 1.50 bits per heavy atom. The molecule has 0 bridgehead atoms. The van der Waals surface area contributed by atoms with Gasteiger partial charge in [-0.05, 0) is 44.3 Å². The normalized spacial score (nSPS) is 10.3. The minimum absolute atomic E-state index is 0.0120. The fourth-order valence-electron chi connectivity index (χ4n) is 1.45. The van der Waals surface area contributed by atoms with Gasteiger partial charge in [0.25, 0.3) is 0 Å². The van der Waals surface area contributed by atoms with Crippen LogP contribution in [0, 0.1) is 5.82 Å². The summed E-state index contributed by atoms with van der Waals surface area (Å²) in [6, 6.07) is 4.29. The van der Waals surface area contributed by atoms with Crippen molar-refractivity contribution in [1.82, 2.24) is 10.2 Å². The number of nitrogens with one attached hydrogen (secondary N) is 2. The number of benzene rings is 1. The van der Waals surface area contributed by atoms with Gasteiger partial charge in [-0.3, -0.25) is 4.79 Å². The Morgan fingerprint density at radius 2 is 2.15 bits per heavy atom. The Morgan fingerprint density at radius 3 is 2.70 bits per heavy atom. The number of anilines is 1. The van der Waals surface area contributed by atoms with E-state index in [4.69, 9.17) is 23.8 Å². The van der Waals surface area contributed by atoms with Crippen LogP contribution in [0.15, 0.2) is 18.2 Å². The third-order valence-corrected chi connectivity index (χ3v) is 3.05. The summed E-state index contributed by atoms with van der Waals surface area (Å²) in [5.74, 6) is -0.614. The van der Waals surface area contributed by atoms with Gasteiger partial charge in [-0.15, -0.1) is 0 Å². The molecule has 0 heterocycles. The average molecular weight is 318 g/mol. The second-order valence-corrected chi connectivity index (χ2v) is 5.43. The summed E-state index contributed by atoms with van der Waals surface area (Å²) in [4.78, 5) is 13.2. The Bertz CT molecular complexity index is 510. The first-order valence-corrected chi connectivity index (χ1v) is 6.84. The lowest BCUT2D eigenvalue weighted by molar-refractivity contribution is -0.121. The van der Waals surface area contributed by atoms with Gasteiger partial charge in [0.15, 0.2) is 5.11 Å². The maximum atomic E-state index is 13.0. The molecule has 7 heteroatoms. The highest BCUT2D eigenvalue weighted by Crippen LogP contribution is 2.19. The Labute approximate surface area is 128 Å². The molecule has 2 N–H and O–H groups in total. The van der Waals surface area contributed by atoms with Crippen molar-refractivity contribution in [2.24, 2.45) is 0 Å². The molecule has 0 unspecified atom stereocenters. The van der Waals surface area contributed by atoms with Crippen molar-refractivity contribution in [3.63, 3.8) is 0 Å². The minimum Gasteiger partial charge on any atom is -0.352 e. The first-order valence-electron chi connectivity index (χ1n) is 6.06. The molecule has 0 spiro atoms. The van der Waals surface area contributed by atoms with Gasteiger partial charge in [0.05, 0.1) is 11.6 Å². The quantitative estimate of drug-likeness (QED) is 0.838. The number of thiocarbonyl (C=S) groups is 1.